The monoisotopic (exact) mass is 287 g/mol. The standard InChI is InChI=1S/C17H21NOS/c1-2-13-20-14-17(19)18-12-6-9-16(18)11-10-15-7-4-3-5-8-15/h2-5,7-8,10-11,16H,1,6,9,12-14H2. The van der Waals surface area contributed by atoms with Crippen molar-refractivity contribution in [3.05, 3.63) is 54.6 Å². The van der Waals surface area contributed by atoms with E-state index in [0.29, 0.717) is 5.75 Å². The van der Waals surface area contributed by atoms with Gasteiger partial charge in [0.05, 0.1) is 11.8 Å². The second kappa shape index (κ2) is 7.95. The molecule has 1 aliphatic heterocycles. The number of likely N-dealkylation sites (tertiary alicyclic amines) is 1. The van der Waals surface area contributed by atoms with E-state index in [4.69, 9.17) is 0 Å². The Morgan fingerprint density at radius 3 is 2.95 bits per heavy atom. The fourth-order valence-electron chi connectivity index (χ4n) is 2.40. The van der Waals surface area contributed by atoms with Gasteiger partial charge in [-0.1, -0.05) is 48.6 Å². The second-order valence-corrected chi connectivity index (χ2v) is 5.90. The van der Waals surface area contributed by atoms with Gasteiger partial charge in [-0.25, -0.2) is 0 Å². The lowest BCUT2D eigenvalue weighted by Crippen LogP contribution is -2.35. The summed E-state index contributed by atoms with van der Waals surface area (Å²) in [6.45, 7) is 4.56. The summed E-state index contributed by atoms with van der Waals surface area (Å²) in [7, 11) is 0. The summed E-state index contributed by atoms with van der Waals surface area (Å²) in [5.74, 6) is 1.64. The molecular weight excluding hydrogens is 266 g/mol. The highest BCUT2D eigenvalue weighted by molar-refractivity contribution is 8.00. The number of benzene rings is 1. The summed E-state index contributed by atoms with van der Waals surface area (Å²) in [5.41, 5.74) is 1.19. The van der Waals surface area contributed by atoms with Gasteiger partial charge in [0, 0.05) is 12.3 Å². The summed E-state index contributed by atoms with van der Waals surface area (Å²) in [6, 6.07) is 10.5. The van der Waals surface area contributed by atoms with E-state index in [1.807, 2.05) is 29.2 Å². The second-order valence-electron chi connectivity index (χ2n) is 4.87. The van der Waals surface area contributed by atoms with Crippen molar-refractivity contribution in [2.45, 2.75) is 18.9 Å². The molecule has 1 fully saturated rings. The first-order chi connectivity index (χ1) is 9.81. The van der Waals surface area contributed by atoms with Gasteiger partial charge in [0.15, 0.2) is 0 Å². The molecule has 2 nitrogen and oxygen atoms in total. The predicted octanol–water partition coefficient (Wildman–Crippen LogP) is 3.61. The van der Waals surface area contributed by atoms with E-state index >= 15 is 0 Å². The van der Waals surface area contributed by atoms with Crippen molar-refractivity contribution < 1.29 is 4.79 Å². The summed E-state index contributed by atoms with van der Waals surface area (Å²) in [6.07, 6.45) is 8.29. The number of amides is 1. The number of hydrogen-bond donors (Lipinski definition) is 0. The predicted molar refractivity (Wildman–Crippen MR) is 87.7 cm³/mol. The van der Waals surface area contributed by atoms with Crippen molar-refractivity contribution in [3.8, 4) is 0 Å². The molecule has 1 aromatic rings. The van der Waals surface area contributed by atoms with Gasteiger partial charge in [-0.05, 0) is 18.4 Å². The van der Waals surface area contributed by atoms with Crippen molar-refractivity contribution in [3.63, 3.8) is 0 Å². The average Bonchev–Trinajstić information content (AvgIpc) is 2.95. The van der Waals surface area contributed by atoms with E-state index in [0.717, 1.165) is 25.1 Å². The summed E-state index contributed by atoms with van der Waals surface area (Å²) in [5, 5.41) is 0. The van der Waals surface area contributed by atoms with Crippen LogP contribution in [0.3, 0.4) is 0 Å². The lowest BCUT2D eigenvalue weighted by molar-refractivity contribution is -0.128. The molecule has 0 aromatic heterocycles. The van der Waals surface area contributed by atoms with E-state index in [1.165, 1.54) is 5.56 Å². The molecule has 1 saturated heterocycles. The maximum absolute atomic E-state index is 12.2. The molecule has 2 rings (SSSR count). The number of hydrogen-bond acceptors (Lipinski definition) is 2. The van der Waals surface area contributed by atoms with E-state index in [9.17, 15) is 4.79 Å². The van der Waals surface area contributed by atoms with Crippen LogP contribution in [0.15, 0.2) is 49.1 Å². The Bertz CT molecular complexity index is 469. The van der Waals surface area contributed by atoms with Gasteiger partial charge in [-0.2, -0.15) is 0 Å². The zero-order chi connectivity index (χ0) is 14.2. The van der Waals surface area contributed by atoms with Gasteiger partial charge < -0.3 is 4.90 Å². The van der Waals surface area contributed by atoms with E-state index < -0.39 is 0 Å². The van der Waals surface area contributed by atoms with Crippen molar-refractivity contribution >= 4 is 23.7 Å². The molecule has 20 heavy (non-hydrogen) atoms. The summed E-state index contributed by atoms with van der Waals surface area (Å²) >= 11 is 1.63. The molecular formula is C17H21NOS. The molecule has 0 radical (unpaired) electrons. The first kappa shape index (κ1) is 14.9. The van der Waals surface area contributed by atoms with Crippen molar-refractivity contribution in [2.24, 2.45) is 0 Å². The molecule has 0 N–H and O–H groups in total. The smallest absolute Gasteiger partial charge is 0.233 e. The van der Waals surface area contributed by atoms with Gasteiger partial charge in [0.1, 0.15) is 0 Å². The molecule has 1 atom stereocenters. The highest BCUT2D eigenvalue weighted by atomic mass is 32.2. The number of nitrogens with zero attached hydrogens (tertiary/aromatic N) is 1. The lowest BCUT2D eigenvalue weighted by atomic mass is 10.1. The lowest BCUT2D eigenvalue weighted by Gasteiger charge is -2.22. The molecule has 1 amide bonds. The van der Waals surface area contributed by atoms with Crippen LogP contribution in [-0.2, 0) is 4.79 Å². The Morgan fingerprint density at radius 1 is 1.40 bits per heavy atom. The molecule has 1 aliphatic rings. The first-order valence-corrected chi connectivity index (χ1v) is 8.18. The molecule has 1 heterocycles. The number of carbonyl (C=O) groups is 1. The van der Waals surface area contributed by atoms with E-state index in [-0.39, 0.29) is 11.9 Å². The quantitative estimate of drug-likeness (QED) is 0.588. The third-order valence-electron chi connectivity index (χ3n) is 3.39. The zero-order valence-electron chi connectivity index (χ0n) is 11.7. The van der Waals surface area contributed by atoms with E-state index in [2.05, 4.69) is 30.9 Å². The third kappa shape index (κ3) is 4.27. The summed E-state index contributed by atoms with van der Waals surface area (Å²) in [4.78, 5) is 14.2. The number of rotatable bonds is 6. The SMILES string of the molecule is C=CCSCC(=O)N1CCCC1C=Cc1ccccc1. The van der Waals surface area contributed by atoms with Crippen LogP contribution in [0.2, 0.25) is 0 Å². The van der Waals surface area contributed by atoms with E-state index in [1.54, 1.807) is 11.8 Å². The van der Waals surface area contributed by atoms with Crippen LogP contribution in [0.25, 0.3) is 6.08 Å². The van der Waals surface area contributed by atoms with Crippen molar-refractivity contribution in [2.75, 3.05) is 18.1 Å². The molecule has 1 aromatic carbocycles. The molecule has 1 unspecified atom stereocenters. The van der Waals surface area contributed by atoms with Crippen LogP contribution in [-0.4, -0.2) is 34.9 Å². The minimum Gasteiger partial charge on any atom is -0.336 e. The van der Waals surface area contributed by atoms with Gasteiger partial charge in [-0.15, -0.1) is 18.3 Å². The number of thioether (sulfide) groups is 1. The van der Waals surface area contributed by atoms with Gasteiger partial charge in [-0.3, -0.25) is 4.79 Å². The van der Waals surface area contributed by atoms with Crippen molar-refractivity contribution in [1.29, 1.82) is 0 Å². The molecule has 0 spiro atoms. The largest absolute Gasteiger partial charge is 0.336 e. The molecule has 0 bridgehead atoms. The Morgan fingerprint density at radius 2 is 2.20 bits per heavy atom. The summed E-state index contributed by atoms with van der Waals surface area (Å²) < 4.78 is 0. The average molecular weight is 287 g/mol. The Labute approximate surface area is 125 Å². The fourth-order valence-corrected chi connectivity index (χ4v) is 3.03. The van der Waals surface area contributed by atoms with Gasteiger partial charge >= 0.3 is 0 Å². The van der Waals surface area contributed by atoms with Crippen molar-refractivity contribution in [1.82, 2.24) is 4.90 Å². The Balaban J connectivity index is 1.92. The highest BCUT2D eigenvalue weighted by Crippen LogP contribution is 2.20. The first-order valence-electron chi connectivity index (χ1n) is 7.02. The molecule has 106 valence electrons. The highest BCUT2D eigenvalue weighted by Gasteiger charge is 2.26. The third-order valence-corrected chi connectivity index (χ3v) is 4.31. The topological polar surface area (TPSA) is 20.3 Å². The minimum absolute atomic E-state index is 0.247. The van der Waals surface area contributed by atoms with Crippen LogP contribution in [0.4, 0.5) is 0 Å². The zero-order valence-corrected chi connectivity index (χ0v) is 12.5. The molecule has 0 saturated carbocycles. The maximum Gasteiger partial charge on any atom is 0.233 e. The Hall–Kier alpha value is -1.48. The molecule has 0 aliphatic carbocycles. The maximum atomic E-state index is 12.2. The Kier molecular flexibility index (Phi) is 5.93. The van der Waals surface area contributed by atoms with Crippen LogP contribution >= 0.6 is 11.8 Å². The fraction of sp³-hybridized carbons (Fsp3) is 0.353. The van der Waals surface area contributed by atoms with Crippen LogP contribution < -0.4 is 0 Å². The minimum atomic E-state index is 0.247. The van der Waals surface area contributed by atoms with Gasteiger partial charge in [0.2, 0.25) is 5.91 Å². The normalized spacial score (nSPS) is 18.6. The van der Waals surface area contributed by atoms with Gasteiger partial charge in [0.25, 0.3) is 0 Å². The van der Waals surface area contributed by atoms with Crippen LogP contribution in [0.1, 0.15) is 18.4 Å². The molecule has 3 heteroatoms. The van der Waals surface area contributed by atoms with Crippen LogP contribution in [0, 0.1) is 0 Å². The number of carbonyl (C=O) groups excluding carboxylic acids is 1. The van der Waals surface area contributed by atoms with Crippen LogP contribution in [0.5, 0.6) is 0 Å².